The van der Waals surface area contributed by atoms with E-state index in [-0.39, 0.29) is 24.0 Å². The van der Waals surface area contributed by atoms with Crippen LogP contribution in [0.4, 0.5) is 5.69 Å². The minimum atomic E-state index is -0.810. The van der Waals surface area contributed by atoms with Crippen LogP contribution < -0.4 is 10.6 Å². The molecule has 2 aromatic rings. The number of fused-ring (bicyclic) bond motifs is 1. The number of para-hydroxylation sites is 1. The summed E-state index contributed by atoms with van der Waals surface area (Å²) in [6.07, 6.45) is -0.0932. The van der Waals surface area contributed by atoms with Gasteiger partial charge in [-0.05, 0) is 36.4 Å². The first kappa shape index (κ1) is 18.3. The molecule has 0 bridgehead atoms. The van der Waals surface area contributed by atoms with E-state index in [0.717, 1.165) is 0 Å². The van der Waals surface area contributed by atoms with Crippen molar-refractivity contribution in [1.29, 1.82) is 0 Å². The van der Waals surface area contributed by atoms with Crippen molar-refractivity contribution in [3.8, 4) is 0 Å². The quantitative estimate of drug-likeness (QED) is 0.763. The molecular formula is C21H18ClN3O3. The Balaban J connectivity index is 1.60. The van der Waals surface area contributed by atoms with Gasteiger partial charge >= 0.3 is 0 Å². The van der Waals surface area contributed by atoms with Crippen LogP contribution in [-0.4, -0.2) is 35.6 Å². The lowest BCUT2D eigenvalue weighted by Crippen LogP contribution is -2.30. The monoisotopic (exact) mass is 395 g/mol. The van der Waals surface area contributed by atoms with E-state index in [0.29, 0.717) is 40.8 Å². The number of rotatable bonds is 5. The number of carbonyl (C=O) groups is 3. The number of hydrogen-bond donors (Lipinski definition) is 2. The summed E-state index contributed by atoms with van der Waals surface area (Å²) in [5, 5.41) is 6.42. The van der Waals surface area contributed by atoms with Gasteiger partial charge in [-0.25, -0.2) is 0 Å². The van der Waals surface area contributed by atoms with E-state index < -0.39 is 5.92 Å². The van der Waals surface area contributed by atoms with Crippen LogP contribution in [0.2, 0.25) is 5.02 Å². The number of carbonyl (C=O) groups excluding carboxylic acids is 3. The number of nitrogens with zero attached hydrogens (tertiary/aromatic N) is 1. The number of hydrogen-bond acceptors (Lipinski definition) is 4. The molecule has 1 unspecified atom stereocenters. The molecule has 1 fully saturated rings. The molecule has 0 spiro atoms. The summed E-state index contributed by atoms with van der Waals surface area (Å²) >= 11 is 5.91. The van der Waals surface area contributed by atoms with Gasteiger partial charge in [-0.1, -0.05) is 29.8 Å². The maximum absolute atomic E-state index is 13.1. The molecule has 2 aliphatic heterocycles. The summed E-state index contributed by atoms with van der Waals surface area (Å²) in [4.78, 5) is 40.1. The number of halogens is 1. The molecule has 0 radical (unpaired) electrons. The largest absolute Gasteiger partial charge is 0.369 e. The van der Waals surface area contributed by atoms with E-state index in [1.54, 1.807) is 41.3 Å². The molecular weight excluding hydrogens is 378 g/mol. The fourth-order valence-electron chi connectivity index (χ4n) is 3.56. The second-order valence-electron chi connectivity index (χ2n) is 6.69. The Hall–Kier alpha value is -3.12. The van der Waals surface area contributed by atoms with Crippen molar-refractivity contribution < 1.29 is 14.4 Å². The van der Waals surface area contributed by atoms with Crippen LogP contribution in [0, 0.1) is 5.92 Å². The predicted molar refractivity (Wildman–Crippen MR) is 106 cm³/mol. The fourth-order valence-corrected chi connectivity index (χ4v) is 3.69. The standard InChI is InChI=1S/C21H18ClN3O3/c22-14-8-6-13(7-9-14)19(27)18-16(21(28)25-11-10-23-20(18)25)12-17(26)24-15-4-2-1-3-5-15/h1-9,16,23H,10-12H2,(H,24,26). The Kier molecular flexibility index (Phi) is 4.88. The zero-order chi connectivity index (χ0) is 19.7. The summed E-state index contributed by atoms with van der Waals surface area (Å²) in [5.74, 6) is -1.10. The van der Waals surface area contributed by atoms with Gasteiger partial charge in [-0.2, -0.15) is 0 Å². The molecule has 2 aromatic carbocycles. The minimum absolute atomic E-state index is 0.0932. The lowest BCUT2D eigenvalue weighted by molar-refractivity contribution is -0.132. The number of nitrogens with one attached hydrogen (secondary N) is 2. The lowest BCUT2D eigenvalue weighted by Gasteiger charge is -2.14. The van der Waals surface area contributed by atoms with Gasteiger partial charge < -0.3 is 10.6 Å². The van der Waals surface area contributed by atoms with E-state index in [4.69, 9.17) is 11.6 Å². The maximum atomic E-state index is 13.1. The Morgan fingerprint density at radius 1 is 1.11 bits per heavy atom. The lowest BCUT2D eigenvalue weighted by atomic mass is 9.90. The molecule has 6 nitrogen and oxygen atoms in total. The van der Waals surface area contributed by atoms with E-state index >= 15 is 0 Å². The Morgan fingerprint density at radius 3 is 2.54 bits per heavy atom. The van der Waals surface area contributed by atoms with Crippen LogP contribution >= 0.6 is 11.6 Å². The van der Waals surface area contributed by atoms with Crippen LogP contribution in [0.3, 0.4) is 0 Å². The Labute approximate surface area is 167 Å². The van der Waals surface area contributed by atoms with E-state index in [1.807, 2.05) is 18.2 Å². The Bertz CT molecular complexity index is 970. The van der Waals surface area contributed by atoms with Gasteiger partial charge in [0, 0.05) is 35.8 Å². The third-order valence-electron chi connectivity index (χ3n) is 4.86. The van der Waals surface area contributed by atoms with Crippen molar-refractivity contribution in [2.24, 2.45) is 5.92 Å². The van der Waals surface area contributed by atoms with Gasteiger partial charge in [-0.3, -0.25) is 19.3 Å². The molecule has 2 amide bonds. The smallest absolute Gasteiger partial charge is 0.236 e. The zero-order valence-corrected chi connectivity index (χ0v) is 15.7. The topological polar surface area (TPSA) is 78.5 Å². The van der Waals surface area contributed by atoms with Crippen LogP contribution in [0.5, 0.6) is 0 Å². The van der Waals surface area contributed by atoms with Crippen molar-refractivity contribution in [3.05, 3.63) is 76.6 Å². The molecule has 2 N–H and O–H groups in total. The highest BCUT2D eigenvalue weighted by Gasteiger charge is 2.45. The number of benzene rings is 2. The van der Waals surface area contributed by atoms with Crippen molar-refractivity contribution >= 4 is 34.9 Å². The molecule has 142 valence electrons. The highest BCUT2D eigenvalue weighted by Crippen LogP contribution is 2.35. The third-order valence-corrected chi connectivity index (χ3v) is 5.12. The fraction of sp³-hybridized carbons (Fsp3) is 0.190. The first-order chi connectivity index (χ1) is 13.5. The molecule has 4 rings (SSSR count). The molecule has 2 heterocycles. The number of ketones is 1. The van der Waals surface area contributed by atoms with Crippen LogP contribution in [-0.2, 0) is 9.59 Å². The minimum Gasteiger partial charge on any atom is -0.369 e. The SMILES string of the molecule is O=C(CC1C(=O)N2CCNC2=C1C(=O)c1ccc(Cl)cc1)Nc1ccccc1. The summed E-state index contributed by atoms with van der Waals surface area (Å²) in [6, 6.07) is 15.5. The number of amides is 2. The molecule has 28 heavy (non-hydrogen) atoms. The molecule has 1 saturated heterocycles. The number of Topliss-reactive ketones (excluding diaryl/α,β-unsaturated/α-hetero) is 1. The highest BCUT2D eigenvalue weighted by molar-refractivity contribution is 6.30. The average molecular weight is 396 g/mol. The van der Waals surface area contributed by atoms with Gasteiger partial charge in [0.05, 0.1) is 11.5 Å². The summed E-state index contributed by atoms with van der Waals surface area (Å²) in [5.41, 5.74) is 1.42. The van der Waals surface area contributed by atoms with Crippen LogP contribution in [0.1, 0.15) is 16.8 Å². The zero-order valence-electron chi connectivity index (χ0n) is 14.9. The van der Waals surface area contributed by atoms with E-state index in [9.17, 15) is 14.4 Å². The molecule has 1 atom stereocenters. The molecule has 7 heteroatoms. The normalized spacial score (nSPS) is 18.1. The van der Waals surface area contributed by atoms with Crippen molar-refractivity contribution in [2.75, 3.05) is 18.4 Å². The van der Waals surface area contributed by atoms with Gasteiger partial charge in [0.25, 0.3) is 0 Å². The molecule has 0 aromatic heterocycles. The van der Waals surface area contributed by atoms with Crippen molar-refractivity contribution in [2.45, 2.75) is 6.42 Å². The first-order valence-electron chi connectivity index (χ1n) is 8.99. The van der Waals surface area contributed by atoms with Gasteiger partial charge in [0.1, 0.15) is 5.82 Å². The predicted octanol–water partition coefficient (Wildman–Crippen LogP) is 2.82. The van der Waals surface area contributed by atoms with Crippen LogP contribution in [0.15, 0.2) is 66.0 Å². The average Bonchev–Trinajstić information content (AvgIpc) is 3.26. The van der Waals surface area contributed by atoms with Crippen LogP contribution in [0.25, 0.3) is 0 Å². The first-order valence-corrected chi connectivity index (χ1v) is 9.37. The van der Waals surface area contributed by atoms with Crippen molar-refractivity contribution in [1.82, 2.24) is 10.2 Å². The molecule has 0 saturated carbocycles. The summed E-state index contributed by atoms with van der Waals surface area (Å²) < 4.78 is 0. The Morgan fingerprint density at radius 2 is 1.82 bits per heavy atom. The van der Waals surface area contributed by atoms with Gasteiger partial charge in [0.15, 0.2) is 5.78 Å². The number of anilines is 1. The van der Waals surface area contributed by atoms with Crippen molar-refractivity contribution in [3.63, 3.8) is 0 Å². The summed E-state index contributed by atoms with van der Waals surface area (Å²) in [6.45, 7) is 1.07. The van der Waals surface area contributed by atoms with E-state index in [2.05, 4.69) is 10.6 Å². The molecule has 0 aliphatic carbocycles. The highest BCUT2D eigenvalue weighted by atomic mass is 35.5. The second kappa shape index (κ2) is 7.48. The van der Waals surface area contributed by atoms with Gasteiger partial charge in [-0.15, -0.1) is 0 Å². The maximum Gasteiger partial charge on any atom is 0.236 e. The second-order valence-corrected chi connectivity index (χ2v) is 7.12. The van der Waals surface area contributed by atoms with E-state index in [1.165, 1.54) is 0 Å². The summed E-state index contributed by atoms with van der Waals surface area (Å²) in [7, 11) is 0. The third kappa shape index (κ3) is 3.39. The molecule has 2 aliphatic rings. The van der Waals surface area contributed by atoms with Gasteiger partial charge in [0.2, 0.25) is 11.8 Å².